The highest BCUT2D eigenvalue weighted by Gasteiger charge is 2.10. The second kappa shape index (κ2) is 9.70. The van der Waals surface area contributed by atoms with Crippen molar-refractivity contribution >= 4 is 5.76 Å². The molecule has 0 bridgehead atoms. The lowest BCUT2D eigenvalue weighted by atomic mass is 10.1. The molecule has 0 atom stereocenters. The minimum absolute atomic E-state index is 0.325. The zero-order chi connectivity index (χ0) is 17.2. The topological polar surface area (TPSA) is 32.7 Å². The SMILES string of the molecule is C=C/C=C(\C=C)CN(C)C/C(CC)=C(/O)c1cccc(OC)c1. The summed E-state index contributed by atoms with van der Waals surface area (Å²) in [4.78, 5) is 2.15. The number of aliphatic hydroxyl groups is 1. The quantitative estimate of drug-likeness (QED) is 0.534. The van der Waals surface area contributed by atoms with Crippen molar-refractivity contribution in [2.45, 2.75) is 13.3 Å². The molecule has 3 heteroatoms. The van der Waals surface area contributed by atoms with E-state index >= 15 is 0 Å². The van der Waals surface area contributed by atoms with E-state index in [9.17, 15) is 5.11 Å². The highest BCUT2D eigenvalue weighted by Crippen LogP contribution is 2.23. The van der Waals surface area contributed by atoms with E-state index < -0.39 is 0 Å². The predicted octanol–water partition coefficient (Wildman–Crippen LogP) is 4.60. The summed E-state index contributed by atoms with van der Waals surface area (Å²) in [7, 11) is 3.64. The van der Waals surface area contributed by atoms with Crippen molar-refractivity contribution in [1.29, 1.82) is 0 Å². The van der Waals surface area contributed by atoms with Gasteiger partial charge in [-0.3, -0.25) is 4.90 Å². The molecule has 0 amide bonds. The lowest BCUT2D eigenvalue weighted by Gasteiger charge is -2.20. The van der Waals surface area contributed by atoms with E-state index in [4.69, 9.17) is 4.74 Å². The van der Waals surface area contributed by atoms with Gasteiger partial charge in [0.05, 0.1) is 7.11 Å². The highest BCUT2D eigenvalue weighted by atomic mass is 16.5. The fourth-order valence-electron chi connectivity index (χ4n) is 2.36. The van der Waals surface area contributed by atoms with Crippen LogP contribution in [-0.4, -0.2) is 37.3 Å². The second-order valence-electron chi connectivity index (χ2n) is 5.39. The molecule has 0 saturated carbocycles. The van der Waals surface area contributed by atoms with E-state index in [-0.39, 0.29) is 0 Å². The van der Waals surface area contributed by atoms with Crippen LogP contribution in [0.4, 0.5) is 0 Å². The Bertz CT molecular complexity index is 599. The van der Waals surface area contributed by atoms with Crippen molar-refractivity contribution in [3.63, 3.8) is 0 Å². The van der Waals surface area contributed by atoms with Gasteiger partial charge in [-0.05, 0) is 36.7 Å². The van der Waals surface area contributed by atoms with Crippen molar-refractivity contribution in [1.82, 2.24) is 4.90 Å². The molecule has 0 spiro atoms. The number of hydrogen-bond donors (Lipinski definition) is 1. The number of likely N-dealkylation sites (N-methyl/N-ethyl adjacent to an activating group) is 1. The van der Waals surface area contributed by atoms with E-state index in [0.717, 1.165) is 35.4 Å². The average molecular weight is 313 g/mol. The van der Waals surface area contributed by atoms with Crippen molar-refractivity contribution < 1.29 is 9.84 Å². The van der Waals surface area contributed by atoms with E-state index in [0.29, 0.717) is 12.3 Å². The van der Waals surface area contributed by atoms with Crippen LogP contribution in [0.15, 0.2) is 66.8 Å². The van der Waals surface area contributed by atoms with Gasteiger partial charge in [0.2, 0.25) is 0 Å². The molecule has 0 aromatic heterocycles. The minimum Gasteiger partial charge on any atom is -0.507 e. The summed E-state index contributed by atoms with van der Waals surface area (Å²) in [6, 6.07) is 7.48. The zero-order valence-corrected chi connectivity index (χ0v) is 14.4. The molecule has 1 aromatic rings. The van der Waals surface area contributed by atoms with E-state index in [1.165, 1.54) is 0 Å². The predicted molar refractivity (Wildman–Crippen MR) is 98.8 cm³/mol. The molecule has 0 aliphatic rings. The van der Waals surface area contributed by atoms with Crippen LogP contribution in [0, 0.1) is 0 Å². The first-order chi connectivity index (χ1) is 11.0. The van der Waals surface area contributed by atoms with Gasteiger partial charge in [-0.1, -0.05) is 50.4 Å². The number of ether oxygens (including phenoxy) is 1. The van der Waals surface area contributed by atoms with Gasteiger partial charge >= 0.3 is 0 Å². The largest absolute Gasteiger partial charge is 0.507 e. The lowest BCUT2D eigenvalue weighted by Crippen LogP contribution is -2.23. The zero-order valence-electron chi connectivity index (χ0n) is 14.4. The third kappa shape index (κ3) is 5.80. The molecule has 0 unspecified atom stereocenters. The molecule has 0 radical (unpaired) electrons. The molecule has 0 heterocycles. The second-order valence-corrected chi connectivity index (χ2v) is 5.39. The first-order valence-corrected chi connectivity index (χ1v) is 7.73. The van der Waals surface area contributed by atoms with Crippen molar-refractivity contribution in [3.8, 4) is 5.75 Å². The first kappa shape index (κ1) is 18.8. The summed E-state index contributed by atoms with van der Waals surface area (Å²) in [6.07, 6.45) is 6.31. The number of allylic oxidation sites excluding steroid dienone is 2. The Morgan fingerprint density at radius 3 is 2.61 bits per heavy atom. The van der Waals surface area contributed by atoms with Crippen LogP contribution in [-0.2, 0) is 0 Å². The molecule has 1 N–H and O–H groups in total. The summed E-state index contributed by atoms with van der Waals surface area (Å²) in [5.41, 5.74) is 2.86. The highest BCUT2D eigenvalue weighted by molar-refractivity contribution is 5.63. The van der Waals surface area contributed by atoms with Gasteiger partial charge in [-0.2, -0.15) is 0 Å². The smallest absolute Gasteiger partial charge is 0.123 e. The Labute approximate surface area is 139 Å². The van der Waals surface area contributed by atoms with Crippen LogP contribution in [0.5, 0.6) is 5.75 Å². The molecule has 0 aliphatic carbocycles. The van der Waals surface area contributed by atoms with Gasteiger partial charge in [0.1, 0.15) is 11.5 Å². The van der Waals surface area contributed by atoms with Gasteiger partial charge in [0.25, 0.3) is 0 Å². The summed E-state index contributed by atoms with van der Waals surface area (Å²) in [5.74, 6) is 1.06. The van der Waals surface area contributed by atoms with Crippen LogP contribution in [0.25, 0.3) is 5.76 Å². The summed E-state index contributed by atoms with van der Waals surface area (Å²) < 4.78 is 5.22. The molecule has 1 rings (SSSR count). The lowest BCUT2D eigenvalue weighted by molar-refractivity contribution is 0.386. The van der Waals surface area contributed by atoms with Crippen LogP contribution >= 0.6 is 0 Å². The third-order valence-corrected chi connectivity index (χ3v) is 3.61. The van der Waals surface area contributed by atoms with Crippen LogP contribution in [0.3, 0.4) is 0 Å². The average Bonchev–Trinajstić information content (AvgIpc) is 2.58. The van der Waals surface area contributed by atoms with Crippen LogP contribution in [0.1, 0.15) is 18.9 Å². The number of hydrogen-bond acceptors (Lipinski definition) is 3. The summed E-state index contributed by atoms with van der Waals surface area (Å²) in [5, 5.41) is 10.6. The Balaban J connectivity index is 2.94. The first-order valence-electron chi connectivity index (χ1n) is 7.73. The maximum Gasteiger partial charge on any atom is 0.123 e. The van der Waals surface area contributed by atoms with Gasteiger partial charge in [-0.25, -0.2) is 0 Å². The maximum atomic E-state index is 10.6. The number of benzene rings is 1. The monoisotopic (exact) mass is 313 g/mol. The molecule has 0 aliphatic heterocycles. The van der Waals surface area contributed by atoms with Gasteiger partial charge in [0.15, 0.2) is 0 Å². The molecule has 0 saturated heterocycles. The van der Waals surface area contributed by atoms with Crippen molar-refractivity contribution in [2.24, 2.45) is 0 Å². The number of aliphatic hydroxyl groups excluding tert-OH is 1. The summed E-state index contributed by atoms with van der Waals surface area (Å²) >= 11 is 0. The normalized spacial score (nSPS) is 12.8. The standard InChI is InChI=1S/C20H27NO2/c1-6-10-16(7-2)14-21(4)15-17(8-3)20(22)18-11-9-12-19(13-18)23-5/h6-7,9-13,22H,1-2,8,14-15H2,3-5H3/b16-10+,20-17+. The van der Waals surface area contributed by atoms with E-state index in [1.807, 2.05) is 50.4 Å². The van der Waals surface area contributed by atoms with E-state index in [1.54, 1.807) is 13.2 Å². The van der Waals surface area contributed by atoms with Crippen molar-refractivity contribution in [3.05, 3.63) is 72.4 Å². The van der Waals surface area contributed by atoms with Gasteiger partial charge in [-0.15, -0.1) is 0 Å². The van der Waals surface area contributed by atoms with Crippen LogP contribution in [0.2, 0.25) is 0 Å². The molecule has 1 aromatic carbocycles. The number of rotatable bonds is 9. The van der Waals surface area contributed by atoms with E-state index in [2.05, 4.69) is 18.1 Å². The molecule has 0 fully saturated rings. The summed E-state index contributed by atoms with van der Waals surface area (Å²) in [6.45, 7) is 11.0. The molecular weight excluding hydrogens is 286 g/mol. The Morgan fingerprint density at radius 2 is 2.04 bits per heavy atom. The van der Waals surface area contributed by atoms with Gasteiger partial charge < -0.3 is 9.84 Å². The fourth-order valence-corrected chi connectivity index (χ4v) is 2.36. The maximum absolute atomic E-state index is 10.6. The Hall–Kier alpha value is -2.26. The van der Waals surface area contributed by atoms with Crippen molar-refractivity contribution in [2.75, 3.05) is 27.2 Å². The Morgan fingerprint density at radius 1 is 1.30 bits per heavy atom. The molecule has 23 heavy (non-hydrogen) atoms. The number of methoxy groups -OCH3 is 1. The number of nitrogens with zero attached hydrogens (tertiary/aromatic N) is 1. The molecular formula is C20H27NO2. The minimum atomic E-state index is 0.325. The van der Waals surface area contributed by atoms with Gasteiger partial charge in [0, 0.05) is 18.7 Å². The Kier molecular flexibility index (Phi) is 7.92. The third-order valence-electron chi connectivity index (χ3n) is 3.61. The van der Waals surface area contributed by atoms with Crippen LogP contribution < -0.4 is 4.74 Å². The molecule has 3 nitrogen and oxygen atoms in total. The fraction of sp³-hybridized carbons (Fsp3) is 0.300. The molecule has 124 valence electrons.